The largest absolute Gasteiger partial charge is 0.468 e. The molecule has 1 aromatic rings. The fraction of sp³-hybridized carbons (Fsp3) is 0.462. The van der Waals surface area contributed by atoms with E-state index < -0.39 is 12.6 Å². The standard InChI is InChI=1S/C13H16ClF2NO3/c1-3-17(8-12(18)19-2)7-9-6-10(14)4-5-11(9)20-13(15)16/h4-6,13H,3,7-8H2,1-2H3. The summed E-state index contributed by atoms with van der Waals surface area (Å²) in [5.41, 5.74) is 0.489. The van der Waals surface area contributed by atoms with Crippen molar-refractivity contribution in [2.75, 3.05) is 20.2 Å². The van der Waals surface area contributed by atoms with Gasteiger partial charge in [-0.1, -0.05) is 18.5 Å². The van der Waals surface area contributed by atoms with E-state index >= 15 is 0 Å². The lowest BCUT2D eigenvalue weighted by Gasteiger charge is -2.20. The highest BCUT2D eigenvalue weighted by atomic mass is 35.5. The van der Waals surface area contributed by atoms with Crippen LogP contribution in [0.2, 0.25) is 5.02 Å². The molecule has 0 aliphatic heterocycles. The molecule has 0 spiro atoms. The van der Waals surface area contributed by atoms with E-state index in [9.17, 15) is 13.6 Å². The van der Waals surface area contributed by atoms with Gasteiger partial charge in [0.15, 0.2) is 0 Å². The number of esters is 1. The molecular weight excluding hydrogens is 292 g/mol. The summed E-state index contributed by atoms with van der Waals surface area (Å²) in [6.07, 6.45) is 0. The Kier molecular flexibility index (Phi) is 6.67. The number of carbonyl (C=O) groups is 1. The monoisotopic (exact) mass is 307 g/mol. The molecule has 0 fully saturated rings. The first-order chi connectivity index (χ1) is 9.46. The van der Waals surface area contributed by atoms with Crippen LogP contribution < -0.4 is 4.74 Å². The van der Waals surface area contributed by atoms with Gasteiger partial charge in [0.1, 0.15) is 5.75 Å². The van der Waals surface area contributed by atoms with E-state index in [1.165, 1.54) is 19.2 Å². The molecule has 112 valence electrons. The molecule has 0 radical (unpaired) electrons. The van der Waals surface area contributed by atoms with E-state index in [1.807, 2.05) is 6.92 Å². The first kappa shape index (κ1) is 16.7. The van der Waals surface area contributed by atoms with Gasteiger partial charge >= 0.3 is 12.6 Å². The summed E-state index contributed by atoms with van der Waals surface area (Å²) in [7, 11) is 1.29. The third-order valence-electron chi connectivity index (χ3n) is 2.66. The number of hydrogen-bond donors (Lipinski definition) is 0. The molecule has 0 N–H and O–H groups in total. The predicted octanol–water partition coefficient (Wildman–Crippen LogP) is 2.94. The summed E-state index contributed by atoms with van der Waals surface area (Å²) in [5, 5.41) is 0.413. The van der Waals surface area contributed by atoms with Crippen LogP contribution in [0.25, 0.3) is 0 Å². The molecular formula is C13H16ClF2NO3. The maximum absolute atomic E-state index is 12.3. The molecule has 0 atom stereocenters. The van der Waals surface area contributed by atoms with Gasteiger partial charge in [-0.25, -0.2) is 0 Å². The van der Waals surface area contributed by atoms with Gasteiger partial charge in [0.2, 0.25) is 0 Å². The van der Waals surface area contributed by atoms with Crippen LogP contribution in [-0.4, -0.2) is 37.7 Å². The van der Waals surface area contributed by atoms with Crippen LogP contribution in [0.4, 0.5) is 8.78 Å². The number of halogens is 3. The van der Waals surface area contributed by atoms with E-state index in [4.69, 9.17) is 11.6 Å². The van der Waals surface area contributed by atoms with Crippen LogP contribution in [0.1, 0.15) is 12.5 Å². The molecule has 0 unspecified atom stereocenters. The van der Waals surface area contributed by atoms with Crippen molar-refractivity contribution in [2.45, 2.75) is 20.1 Å². The maximum atomic E-state index is 12.3. The van der Waals surface area contributed by atoms with Crippen molar-refractivity contribution in [1.82, 2.24) is 4.90 Å². The van der Waals surface area contributed by atoms with E-state index in [1.54, 1.807) is 11.0 Å². The Hall–Kier alpha value is -1.40. The van der Waals surface area contributed by atoms with E-state index in [0.717, 1.165) is 0 Å². The molecule has 0 amide bonds. The highest BCUT2D eigenvalue weighted by Gasteiger charge is 2.15. The Morgan fingerprint density at radius 3 is 2.70 bits per heavy atom. The number of nitrogens with zero attached hydrogens (tertiary/aromatic N) is 1. The molecule has 1 rings (SSSR count). The van der Waals surface area contributed by atoms with Crippen LogP contribution in [-0.2, 0) is 16.1 Å². The number of methoxy groups -OCH3 is 1. The second-order valence-electron chi connectivity index (χ2n) is 4.01. The summed E-state index contributed by atoms with van der Waals surface area (Å²) < 4.78 is 33.7. The van der Waals surface area contributed by atoms with Gasteiger partial charge < -0.3 is 9.47 Å². The van der Waals surface area contributed by atoms with Gasteiger partial charge in [0.05, 0.1) is 13.7 Å². The molecule has 1 aromatic carbocycles. The molecule has 0 saturated carbocycles. The number of benzene rings is 1. The average molecular weight is 308 g/mol. The molecule has 0 bridgehead atoms. The summed E-state index contributed by atoms with van der Waals surface area (Å²) >= 11 is 5.86. The van der Waals surface area contributed by atoms with Crippen LogP contribution in [0.3, 0.4) is 0 Å². The zero-order valence-corrected chi connectivity index (χ0v) is 12.0. The van der Waals surface area contributed by atoms with Crippen molar-refractivity contribution < 1.29 is 23.0 Å². The average Bonchev–Trinajstić information content (AvgIpc) is 2.40. The predicted molar refractivity (Wildman–Crippen MR) is 71.1 cm³/mol. The Morgan fingerprint density at radius 2 is 2.15 bits per heavy atom. The van der Waals surface area contributed by atoms with Crippen molar-refractivity contribution in [3.05, 3.63) is 28.8 Å². The lowest BCUT2D eigenvalue weighted by Crippen LogP contribution is -2.30. The maximum Gasteiger partial charge on any atom is 0.387 e. The topological polar surface area (TPSA) is 38.8 Å². The molecule has 0 aromatic heterocycles. The van der Waals surface area contributed by atoms with Crippen LogP contribution >= 0.6 is 11.6 Å². The summed E-state index contributed by atoms with van der Waals surface area (Å²) in [4.78, 5) is 13.0. The van der Waals surface area contributed by atoms with Gasteiger partial charge in [0.25, 0.3) is 0 Å². The third-order valence-corrected chi connectivity index (χ3v) is 2.90. The summed E-state index contributed by atoms with van der Waals surface area (Å²) in [6, 6.07) is 4.40. The SMILES string of the molecule is CCN(CC(=O)OC)Cc1cc(Cl)ccc1OC(F)F. The lowest BCUT2D eigenvalue weighted by atomic mass is 10.2. The lowest BCUT2D eigenvalue weighted by molar-refractivity contribution is -0.142. The molecule has 0 aliphatic carbocycles. The molecule has 0 aliphatic rings. The fourth-order valence-corrected chi connectivity index (χ4v) is 1.84. The molecule has 0 saturated heterocycles. The van der Waals surface area contributed by atoms with Crippen molar-refractivity contribution in [2.24, 2.45) is 0 Å². The van der Waals surface area contributed by atoms with Gasteiger partial charge in [-0.05, 0) is 24.7 Å². The minimum Gasteiger partial charge on any atom is -0.468 e. The van der Waals surface area contributed by atoms with Crippen LogP contribution in [0, 0.1) is 0 Å². The number of likely N-dealkylation sites (N-methyl/N-ethyl adjacent to an activating group) is 1. The van der Waals surface area contributed by atoms with Crippen molar-refractivity contribution >= 4 is 17.6 Å². The molecule has 4 nitrogen and oxygen atoms in total. The second kappa shape index (κ2) is 8.01. The first-order valence-corrected chi connectivity index (χ1v) is 6.36. The second-order valence-corrected chi connectivity index (χ2v) is 4.45. The first-order valence-electron chi connectivity index (χ1n) is 5.98. The van der Waals surface area contributed by atoms with Crippen LogP contribution in [0.15, 0.2) is 18.2 Å². The number of alkyl halides is 2. The minimum absolute atomic E-state index is 0.0488. The Balaban J connectivity index is 2.87. The van der Waals surface area contributed by atoms with Crippen molar-refractivity contribution in [3.63, 3.8) is 0 Å². The molecule has 7 heteroatoms. The van der Waals surface area contributed by atoms with Crippen molar-refractivity contribution in [3.8, 4) is 5.75 Å². The highest BCUT2D eigenvalue weighted by Crippen LogP contribution is 2.25. The summed E-state index contributed by atoms with van der Waals surface area (Å²) in [5.74, 6) is -0.349. The van der Waals surface area contributed by atoms with Crippen molar-refractivity contribution in [1.29, 1.82) is 0 Å². The Bertz CT molecular complexity index is 457. The zero-order valence-electron chi connectivity index (χ0n) is 11.2. The quantitative estimate of drug-likeness (QED) is 0.726. The fourth-order valence-electron chi connectivity index (χ4n) is 1.65. The number of hydrogen-bond acceptors (Lipinski definition) is 4. The highest BCUT2D eigenvalue weighted by molar-refractivity contribution is 6.30. The number of rotatable bonds is 7. The van der Waals surface area contributed by atoms with E-state index in [-0.39, 0.29) is 18.8 Å². The third kappa shape index (κ3) is 5.30. The van der Waals surface area contributed by atoms with Gasteiger partial charge in [-0.2, -0.15) is 8.78 Å². The molecule has 20 heavy (non-hydrogen) atoms. The minimum atomic E-state index is -2.91. The van der Waals surface area contributed by atoms with E-state index in [0.29, 0.717) is 17.1 Å². The number of ether oxygens (including phenoxy) is 2. The normalized spacial score (nSPS) is 10.9. The molecule has 0 heterocycles. The smallest absolute Gasteiger partial charge is 0.387 e. The zero-order chi connectivity index (χ0) is 15.1. The van der Waals surface area contributed by atoms with Crippen LogP contribution in [0.5, 0.6) is 5.75 Å². The van der Waals surface area contributed by atoms with E-state index in [2.05, 4.69) is 9.47 Å². The summed E-state index contributed by atoms with van der Waals surface area (Å²) in [6.45, 7) is -0.191. The Labute approximate surface area is 121 Å². The van der Waals surface area contributed by atoms with Gasteiger partial charge in [0, 0.05) is 17.1 Å². The van der Waals surface area contributed by atoms with Gasteiger partial charge in [-0.3, -0.25) is 9.69 Å². The Morgan fingerprint density at radius 1 is 1.45 bits per heavy atom. The number of carbonyl (C=O) groups excluding carboxylic acids is 1. The van der Waals surface area contributed by atoms with Gasteiger partial charge in [-0.15, -0.1) is 0 Å².